The largest absolute Gasteiger partial charge is 0.508 e. The van der Waals surface area contributed by atoms with Gasteiger partial charge in [0.2, 0.25) is 5.78 Å². The van der Waals surface area contributed by atoms with Crippen molar-refractivity contribution in [2.75, 3.05) is 13.7 Å². The lowest BCUT2D eigenvalue weighted by Gasteiger charge is -2.29. The zero-order valence-corrected chi connectivity index (χ0v) is 7.28. The van der Waals surface area contributed by atoms with E-state index in [9.17, 15) is 15.0 Å². The second kappa shape index (κ2) is 3.35. The van der Waals surface area contributed by atoms with Crippen molar-refractivity contribution in [3.63, 3.8) is 0 Å². The van der Waals surface area contributed by atoms with Crippen LogP contribution in [-0.2, 0) is 9.53 Å². The van der Waals surface area contributed by atoms with Gasteiger partial charge in [-0.15, -0.1) is 0 Å². The topological polar surface area (TPSA) is 87.0 Å². The standard InChI is InChI=1S/C8H12O5/c1-13-7-5(10)2-8(12,4-9)3-6(7)11/h9-10,12H,2-4H2,1H3. The summed E-state index contributed by atoms with van der Waals surface area (Å²) in [6, 6.07) is 0. The molecule has 13 heavy (non-hydrogen) atoms. The summed E-state index contributed by atoms with van der Waals surface area (Å²) in [6.45, 7) is -0.556. The third kappa shape index (κ3) is 1.81. The van der Waals surface area contributed by atoms with Crippen LogP contribution in [0.1, 0.15) is 12.8 Å². The molecule has 0 spiro atoms. The van der Waals surface area contributed by atoms with Gasteiger partial charge in [0.25, 0.3) is 0 Å². The number of aliphatic hydroxyl groups is 3. The number of carbonyl (C=O) groups is 1. The lowest BCUT2D eigenvalue weighted by Crippen LogP contribution is -2.40. The predicted molar refractivity (Wildman–Crippen MR) is 42.9 cm³/mol. The Morgan fingerprint density at radius 2 is 2.15 bits per heavy atom. The molecule has 74 valence electrons. The summed E-state index contributed by atoms with van der Waals surface area (Å²) in [6.07, 6.45) is -0.380. The van der Waals surface area contributed by atoms with E-state index in [0.717, 1.165) is 0 Å². The molecule has 1 rings (SSSR count). The van der Waals surface area contributed by atoms with Crippen molar-refractivity contribution in [2.24, 2.45) is 0 Å². The van der Waals surface area contributed by atoms with Crippen molar-refractivity contribution in [3.8, 4) is 0 Å². The lowest BCUT2D eigenvalue weighted by atomic mass is 9.87. The van der Waals surface area contributed by atoms with Gasteiger partial charge in [0.1, 0.15) is 11.4 Å². The SMILES string of the molecule is COC1=C(O)CC(O)(CO)CC1=O. The van der Waals surface area contributed by atoms with Crippen molar-refractivity contribution in [3.05, 3.63) is 11.5 Å². The molecule has 0 aliphatic heterocycles. The molecule has 1 unspecified atom stereocenters. The van der Waals surface area contributed by atoms with Gasteiger partial charge in [0.05, 0.1) is 13.7 Å². The van der Waals surface area contributed by atoms with Crippen molar-refractivity contribution < 1.29 is 24.9 Å². The van der Waals surface area contributed by atoms with E-state index < -0.39 is 18.0 Å². The van der Waals surface area contributed by atoms with Gasteiger partial charge >= 0.3 is 0 Å². The number of rotatable bonds is 2. The van der Waals surface area contributed by atoms with Crippen LogP contribution in [0.3, 0.4) is 0 Å². The molecule has 0 saturated heterocycles. The molecule has 0 bridgehead atoms. The molecule has 0 amide bonds. The summed E-state index contributed by atoms with van der Waals surface area (Å²) in [7, 11) is 1.27. The predicted octanol–water partition coefficient (Wildman–Crippen LogP) is -0.511. The fourth-order valence-corrected chi connectivity index (χ4v) is 1.34. The van der Waals surface area contributed by atoms with E-state index in [4.69, 9.17) is 5.11 Å². The minimum atomic E-state index is -1.54. The monoisotopic (exact) mass is 188 g/mol. The van der Waals surface area contributed by atoms with Gasteiger partial charge in [-0.1, -0.05) is 0 Å². The quantitative estimate of drug-likeness (QED) is 0.543. The summed E-state index contributed by atoms with van der Waals surface area (Å²) >= 11 is 0. The van der Waals surface area contributed by atoms with Gasteiger partial charge < -0.3 is 20.1 Å². The second-order valence-electron chi connectivity index (χ2n) is 3.14. The molecular weight excluding hydrogens is 176 g/mol. The van der Waals surface area contributed by atoms with Crippen LogP contribution in [-0.4, -0.2) is 40.4 Å². The van der Waals surface area contributed by atoms with Gasteiger partial charge in [-0.25, -0.2) is 0 Å². The molecule has 3 N–H and O–H groups in total. The molecule has 0 aromatic rings. The Balaban J connectivity index is 2.93. The number of ketones is 1. The van der Waals surface area contributed by atoms with Gasteiger partial charge in [0, 0.05) is 12.8 Å². The molecule has 0 saturated carbocycles. The van der Waals surface area contributed by atoms with Gasteiger partial charge in [-0.05, 0) is 0 Å². The summed E-state index contributed by atoms with van der Waals surface area (Å²) in [5.41, 5.74) is -1.54. The first-order valence-corrected chi connectivity index (χ1v) is 3.85. The van der Waals surface area contributed by atoms with Gasteiger partial charge in [0.15, 0.2) is 5.76 Å². The fraction of sp³-hybridized carbons (Fsp3) is 0.625. The Bertz CT molecular complexity index is 257. The van der Waals surface area contributed by atoms with E-state index in [1.165, 1.54) is 7.11 Å². The van der Waals surface area contributed by atoms with E-state index in [0.29, 0.717) is 0 Å². The zero-order valence-electron chi connectivity index (χ0n) is 7.28. The summed E-state index contributed by atoms with van der Waals surface area (Å²) in [5.74, 6) is -0.934. The molecule has 0 radical (unpaired) electrons. The van der Waals surface area contributed by atoms with E-state index in [2.05, 4.69) is 4.74 Å². The first-order valence-electron chi connectivity index (χ1n) is 3.85. The van der Waals surface area contributed by atoms with Crippen molar-refractivity contribution in [1.29, 1.82) is 0 Å². The molecule has 5 heteroatoms. The number of aliphatic hydroxyl groups excluding tert-OH is 2. The maximum atomic E-state index is 11.2. The molecule has 0 heterocycles. The van der Waals surface area contributed by atoms with Crippen molar-refractivity contribution in [1.82, 2.24) is 0 Å². The van der Waals surface area contributed by atoms with Crippen LogP contribution in [0, 0.1) is 0 Å². The van der Waals surface area contributed by atoms with E-state index >= 15 is 0 Å². The molecular formula is C8H12O5. The smallest absolute Gasteiger partial charge is 0.203 e. The number of ether oxygens (including phenoxy) is 1. The highest BCUT2D eigenvalue weighted by Gasteiger charge is 2.38. The third-order valence-corrected chi connectivity index (χ3v) is 2.00. The van der Waals surface area contributed by atoms with Crippen LogP contribution in [0.15, 0.2) is 11.5 Å². The molecule has 0 aromatic heterocycles. The first-order chi connectivity index (χ1) is 6.02. The van der Waals surface area contributed by atoms with Gasteiger partial charge in [-0.2, -0.15) is 0 Å². The Morgan fingerprint density at radius 3 is 2.54 bits per heavy atom. The number of Topliss-reactive ketones (excluding diaryl/α,β-unsaturated/α-hetero) is 1. The van der Waals surface area contributed by atoms with Crippen LogP contribution in [0.5, 0.6) is 0 Å². The van der Waals surface area contributed by atoms with E-state index in [1.807, 2.05) is 0 Å². The van der Waals surface area contributed by atoms with Crippen LogP contribution >= 0.6 is 0 Å². The van der Waals surface area contributed by atoms with E-state index in [-0.39, 0.29) is 24.4 Å². The highest BCUT2D eigenvalue weighted by Crippen LogP contribution is 2.28. The summed E-state index contributed by atoms with van der Waals surface area (Å²) < 4.78 is 4.64. The lowest BCUT2D eigenvalue weighted by molar-refractivity contribution is -0.128. The second-order valence-corrected chi connectivity index (χ2v) is 3.14. The highest BCUT2D eigenvalue weighted by atomic mass is 16.5. The number of hydrogen-bond acceptors (Lipinski definition) is 5. The Morgan fingerprint density at radius 1 is 1.54 bits per heavy atom. The van der Waals surface area contributed by atoms with Crippen LogP contribution in [0.25, 0.3) is 0 Å². The van der Waals surface area contributed by atoms with E-state index in [1.54, 1.807) is 0 Å². The Hall–Kier alpha value is -1.07. The average molecular weight is 188 g/mol. The summed E-state index contributed by atoms with van der Waals surface area (Å²) in [4.78, 5) is 11.2. The minimum Gasteiger partial charge on any atom is -0.508 e. The molecule has 0 aromatic carbocycles. The maximum absolute atomic E-state index is 11.2. The average Bonchev–Trinajstić information content (AvgIpc) is 2.03. The Labute approximate surface area is 75.3 Å². The molecule has 1 atom stereocenters. The molecule has 1 aliphatic rings. The Kier molecular flexibility index (Phi) is 2.58. The molecule has 1 aliphatic carbocycles. The number of hydrogen-bond donors (Lipinski definition) is 3. The minimum absolute atomic E-state index is 0.127. The maximum Gasteiger partial charge on any atom is 0.203 e. The van der Waals surface area contributed by atoms with Crippen LogP contribution in [0.2, 0.25) is 0 Å². The fourth-order valence-electron chi connectivity index (χ4n) is 1.34. The van der Waals surface area contributed by atoms with Crippen LogP contribution < -0.4 is 0 Å². The van der Waals surface area contributed by atoms with Crippen molar-refractivity contribution >= 4 is 5.78 Å². The normalized spacial score (nSPS) is 29.3. The van der Waals surface area contributed by atoms with Gasteiger partial charge in [-0.3, -0.25) is 4.79 Å². The number of methoxy groups -OCH3 is 1. The number of carbonyl (C=O) groups excluding carboxylic acids is 1. The molecule has 0 fully saturated rings. The first kappa shape index (κ1) is 10.0. The highest BCUT2D eigenvalue weighted by molar-refractivity contribution is 5.95. The zero-order chi connectivity index (χ0) is 10.1. The molecule has 5 nitrogen and oxygen atoms in total. The third-order valence-electron chi connectivity index (χ3n) is 2.00. The summed E-state index contributed by atoms with van der Waals surface area (Å²) in [5, 5.41) is 27.6. The number of allylic oxidation sites excluding steroid dienone is 1. The van der Waals surface area contributed by atoms with Crippen LogP contribution in [0.4, 0.5) is 0 Å². The van der Waals surface area contributed by atoms with Crippen molar-refractivity contribution in [2.45, 2.75) is 18.4 Å².